The zero-order chi connectivity index (χ0) is 11.6. The molecule has 2 saturated heterocycles. The lowest BCUT2D eigenvalue weighted by Crippen LogP contribution is -2.50. The van der Waals surface area contributed by atoms with Gasteiger partial charge in [-0.1, -0.05) is 0 Å². The maximum atomic E-state index is 12.4. The summed E-state index contributed by atoms with van der Waals surface area (Å²) in [6.07, 6.45) is 2.03. The number of thioether (sulfide) groups is 1. The first-order valence-electron chi connectivity index (χ1n) is 6.55. The number of nitrogens with one attached hydrogen (secondary N) is 1. The van der Waals surface area contributed by atoms with Crippen LogP contribution in [0.15, 0.2) is 0 Å². The molecule has 2 aliphatic heterocycles. The van der Waals surface area contributed by atoms with Gasteiger partial charge in [-0.15, -0.1) is 11.8 Å². The second-order valence-corrected chi connectivity index (χ2v) is 6.93. The number of nitrogens with zero attached hydrogens (tertiary/aromatic N) is 1. The molecule has 2 aliphatic carbocycles. The molecular weight excluding hydrogens is 236 g/mol. The number of likely N-dealkylation sites (tertiary alicyclic amines) is 1. The van der Waals surface area contributed by atoms with Crippen molar-refractivity contribution in [2.24, 2.45) is 17.8 Å². The Hall–Kier alpha value is -0.260. The molecule has 4 fully saturated rings. The van der Waals surface area contributed by atoms with Crippen molar-refractivity contribution in [1.82, 2.24) is 10.2 Å². The van der Waals surface area contributed by atoms with E-state index in [2.05, 4.69) is 5.32 Å². The minimum Gasteiger partial charge on any atom is -0.391 e. The number of carbonyl (C=O) groups excluding carboxylic acids is 1. The minimum absolute atomic E-state index is 0.0104. The molecule has 1 amide bonds. The number of aliphatic hydroxyl groups is 1. The first kappa shape index (κ1) is 10.6. The maximum Gasteiger partial charge on any atom is 0.240 e. The topological polar surface area (TPSA) is 52.6 Å². The van der Waals surface area contributed by atoms with Gasteiger partial charge in [-0.2, -0.15) is 0 Å². The molecule has 2 N–H and O–H groups in total. The van der Waals surface area contributed by atoms with Crippen LogP contribution in [0.3, 0.4) is 0 Å². The maximum absolute atomic E-state index is 12.4. The normalized spacial score (nSPS) is 51.5. The number of carbonyl (C=O) groups is 1. The van der Waals surface area contributed by atoms with Crippen molar-refractivity contribution in [2.45, 2.75) is 31.0 Å². The summed E-state index contributed by atoms with van der Waals surface area (Å²) in [6, 6.07) is 0.127. The Labute approximate surface area is 105 Å². The SMILES string of the molecule is O=C(C1CSCN1)N1CC2CC3CC2C1C3O. The molecule has 0 aromatic heterocycles. The van der Waals surface area contributed by atoms with Gasteiger partial charge in [-0.3, -0.25) is 10.1 Å². The van der Waals surface area contributed by atoms with E-state index < -0.39 is 0 Å². The number of fused-ring (bicyclic) bond motifs is 1. The number of aliphatic hydroxyl groups excluding tert-OH is 1. The molecule has 17 heavy (non-hydrogen) atoms. The van der Waals surface area contributed by atoms with Crippen LogP contribution in [0.5, 0.6) is 0 Å². The Kier molecular flexibility index (Phi) is 2.27. The monoisotopic (exact) mass is 254 g/mol. The predicted octanol–water partition coefficient (Wildman–Crippen LogP) is -0.123. The summed E-state index contributed by atoms with van der Waals surface area (Å²) in [5, 5.41) is 13.5. The number of hydrogen-bond acceptors (Lipinski definition) is 4. The van der Waals surface area contributed by atoms with Crippen LogP contribution in [0.25, 0.3) is 0 Å². The highest BCUT2D eigenvalue weighted by Gasteiger charge is 2.60. The molecule has 2 bridgehead atoms. The molecule has 4 nitrogen and oxygen atoms in total. The Morgan fingerprint density at radius 3 is 2.94 bits per heavy atom. The van der Waals surface area contributed by atoms with Crippen LogP contribution >= 0.6 is 11.8 Å². The van der Waals surface area contributed by atoms with Crippen molar-refractivity contribution >= 4 is 17.7 Å². The van der Waals surface area contributed by atoms with Crippen LogP contribution in [-0.4, -0.2) is 52.3 Å². The van der Waals surface area contributed by atoms with Gasteiger partial charge >= 0.3 is 0 Å². The first-order chi connectivity index (χ1) is 8.25. The smallest absolute Gasteiger partial charge is 0.240 e. The van der Waals surface area contributed by atoms with Gasteiger partial charge in [0.15, 0.2) is 0 Å². The molecule has 4 rings (SSSR count). The lowest BCUT2D eigenvalue weighted by molar-refractivity contribution is -0.135. The van der Waals surface area contributed by atoms with Crippen LogP contribution < -0.4 is 5.32 Å². The lowest BCUT2D eigenvalue weighted by Gasteiger charge is -2.30. The zero-order valence-electron chi connectivity index (χ0n) is 9.71. The molecule has 0 spiro atoms. The first-order valence-corrected chi connectivity index (χ1v) is 7.71. The number of hydrogen-bond donors (Lipinski definition) is 2. The van der Waals surface area contributed by atoms with E-state index in [-0.39, 0.29) is 24.1 Å². The summed E-state index contributed by atoms with van der Waals surface area (Å²) in [7, 11) is 0. The van der Waals surface area contributed by atoms with Crippen LogP contribution in [0, 0.1) is 17.8 Å². The molecule has 0 aromatic rings. The third kappa shape index (κ3) is 1.36. The van der Waals surface area contributed by atoms with Crippen molar-refractivity contribution in [3.63, 3.8) is 0 Å². The number of amides is 1. The quantitative estimate of drug-likeness (QED) is 0.685. The third-order valence-corrected chi connectivity index (χ3v) is 6.09. The van der Waals surface area contributed by atoms with Gasteiger partial charge in [0.05, 0.1) is 18.2 Å². The fourth-order valence-corrected chi connectivity index (χ4v) is 5.35. The summed E-state index contributed by atoms with van der Waals surface area (Å²) in [4.78, 5) is 14.4. The van der Waals surface area contributed by atoms with Crippen LogP contribution in [0.1, 0.15) is 12.8 Å². The largest absolute Gasteiger partial charge is 0.391 e. The van der Waals surface area contributed by atoms with Gasteiger partial charge < -0.3 is 10.0 Å². The van der Waals surface area contributed by atoms with E-state index in [1.54, 1.807) is 11.8 Å². The van der Waals surface area contributed by atoms with Gasteiger partial charge in [0.25, 0.3) is 0 Å². The summed E-state index contributed by atoms with van der Waals surface area (Å²) in [5.74, 6) is 3.73. The third-order valence-electron chi connectivity index (χ3n) is 5.15. The Balaban J connectivity index is 1.57. The standard InChI is InChI=1S/C12H18N2O2S/c15-11-6-1-7-3-14(10(11)8(7)2-6)12(16)9-4-17-5-13-9/h6-11,13,15H,1-5H2. The highest BCUT2D eigenvalue weighted by Crippen LogP contribution is 2.55. The fourth-order valence-electron chi connectivity index (χ4n) is 4.42. The molecule has 0 radical (unpaired) electrons. The van der Waals surface area contributed by atoms with E-state index in [9.17, 15) is 9.90 Å². The van der Waals surface area contributed by atoms with Crippen LogP contribution in [0.2, 0.25) is 0 Å². The van der Waals surface area contributed by atoms with Crippen molar-refractivity contribution in [3.8, 4) is 0 Å². The number of rotatable bonds is 1. The van der Waals surface area contributed by atoms with E-state index in [1.807, 2.05) is 4.90 Å². The van der Waals surface area contributed by atoms with Crippen molar-refractivity contribution in [3.05, 3.63) is 0 Å². The molecule has 6 unspecified atom stereocenters. The predicted molar refractivity (Wildman–Crippen MR) is 65.5 cm³/mol. The van der Waals surface area contributed by atoms with Crippen molar-refractivity contribution in [2.75, 3.05) is 18.2 Å². The summed E-state index contributed by atoms with van der Waals surface area (Å²) >= 11 is 1.79. The highest BCUT2D eigenvalue weighted by molar-refractivity contribution is 7.99. The van der Waals surface area contributed by atoms with Gasteiger partial charge in [0.1, 0.15) is 0 Å². The molecule has 0 aromatic carbocycles. The van der Waals surface area contributed by atoms with Crippen LogP contribution in [-0.2, 0) is 4.79 Å². The molecule has 2 saturated carbocycles. The summed E-state index contributed by atoms with van der Waals surface area (Å²) in [5.41, 5.74) is 0. The molecule has 4 aliphatic rings. The Morgan fingerprint density at radius 1 is 1.35 bits per heavy atom. The average molecular weight is 254 g/mol. The van der Waals surface area contributed by atoms with E-state index in [0.717, 1.165) is 31.0 Å². The molecule has 6 atom stereocenters. The Bertz CT molecular complexity index is 356. The molecule has 2 heterocycles. The van der Waals surface area contributed by atoms with Gasteiger partial charge in [0, 0.05) is 18.2 Å². The van der Waals surface area contributed by atoms with E-state index >= 15 is 0 Å². The van der Waals surface area contributed by atoms with Gasteiger partial charge in [-0.05, 0) is 30.6 Å². The zero-order valence-corrected chi connectivity index (χ0v) is 10.5. The van der Waals surface area contributed by atoms with Gasteiger partial charge in [0.2, 0.25) is 5.91 Å². The Morgan fingerprint density at radius 2 is 2.24 bits per heavy atom. The second-order valence-electron chi connectivity index (χ2n) is 5.90. The minimum atomic E-state index is -0.253. The fraction of sp³-hybridized carbons (Fsp3) is 0.917. The summed E-state index contributed by atoms with van der Waals surface area (Å²) < 4.78 is 0. The molecule has 5 heteroatoms. The average Bonchev–Trinajstić information content (AvgIpc) is 3.02. The lowest BCUT2D eigenvalue weighted by atomic mass is 9.88. The van der Waals surface area contributed by atoms with Crippen molar-refractivity contribution < 1.29 is 9.90 Å². The van der Waals surface area contributed by atoms with Crippen molar-refractivity contribution in [1.29, 1.82) is 0 Å². The molecular formula is C12H18N2O2S. The van der Waals surface area contributed by atoms with Crippen LogP contribution in [0.4, 0.5) is 0 Å². The highest BCUT2D eigenvalue weighted by atomic mass is 32.2. The van der Waals surface area contributed by atoms with Gasteiger partial charge in [-0.25, -0.2) is 0 Å². The van der Waals surface area contributed by atoms with E-state index in [0.29, 0.717) is 17.8 Å². The molecule has 94 valence electrons. The second kappa shape index (κ2) is 3.62. The van der Waals surface area contributed by atoms with E-state index in [1.165, 1.54) is 0 Å². The van der Waals surface area contributed by atoms with E-state index in [4.69, 9.17) is 0 Å². The summed E-state index contributed by atoms with van der Waals surface area (Å²) in [6.45, 7) is 0.893.